The van der Waals surface area contributed by atoms with Gasteiger partial charge in [-0.25, -0.2) is 27.9 Å². The van der Waals surface area contributed by atoms with Crippen LogP contribution in [0.3, 0.4) is 0 Å². The van der Waals surface area contributed by atoms with Crippen LogP contribution in [0.4, 0.5) is 11.6 Å². The Balaban J connectivity index is 0.000000228. The number of anilines is 2. The maximum absolute atomic E-state index is 12.0. The van der Waals surface area contributed by atoms with Gasteiger partial charge in [0.2, 0.25) is 0 Å². The second-order valence-electron chi connectivity index (χ2n) is 11.7. The van der Waals surface area contributed by atoms with Crippen LogP contribution in [0.2, 0.25) is 0 Å². The summed E-state index contributed by atoms with van der Waals surface area (Å²) in [6.07, 6.45) is 4.66. The van der Waals surface area contributed by atoms with Crippen LogP contribution < -0.4 is 11.5 Å². The number of aliphatic hydroxyl groups excluding tert-OH is 5. The molecule has 0 spiro atoms. The van der Waals surface area contributed by atoms with E-state index < -0.39 is 90.0 Å². The maximum Gasteiger partial charge on any atom is 0.479 e. The molecular weight excluding hydrogens is 785 g/mol. The molecule has 2 aliphatic rings. The minimum atomic E-state index is -5.38. The molecule has 0 amide bonds. The molecule has 6 rings (SSSR count). The van der Waals surface area contributed by atoms with Crippen molar-refractivity contribution in [2.24, 2.45) is 0 Å². The van der Waals surface area contributed by atoms with Gasteiger partial charge in [0.1, 0.15) is 60.3 Å². The number of nitrogens with two attached hydrogens (primary N) is 2. The molecule has 4 aromatic rings. The summed E-state index contributed by atoms with van der Waals surface area (Å²) in [6.45, 7) is -1.45. The lowest BCUT2D eigenvalue weighted by Crippen LogP contribution is -2.41. The first-order chi connectivity index (χ1) is 25.2. The average molecular weight is 819 g/mol. The Morgan fingerprint density at radius 1 is 0.796 bits per heavy atom. The molecule has 2 fully saturated rings. The second kappa shape index (κ2) is 15.0. The predicted octanol–water partition coefficient (Wildman–Crippen LogP) is -3.03. The minimum absolute atomic E-state index is 0.0630. The van der Waals surface area contributed by atoms with E-state index in [9.17, 15) is 49.0 Å². The SMILES string of the molecule is C#C[C@@]1(c2ccc3c(N)ncnn23)O[C@H](CO)[C@@H](O)[C@H]1O.C#C[C@@]1(c2ccc3c(N)ncnn23)O[C@H](COP(=O)(O)OP(=O)(O)CP(=O)(O)O)[C@@H](O)[C@H]1O. The zero-order valence-corrected chi connectivity index (χ0v) is 29.9. The van der Waals surface area contributed by atoms with E-state index in [1.807, 2.05) is 0 Å². The molecule has 4 aromatic heterocycles. The third kappa shape index (κ3) is 7.66. The topological polar surface area (TPSA) is 383 Å². The summed E-state index contributed by atoms with van der Waals surface area (Å²) in [6, 6.07) is 6.11. The predicted molar refractivity (Wildman–Crippen MR) is 180 cm³/mol. The van der Waals surface area contributed by atoms with Crippen molar-refractivity contribution in [3.63, 3.8) is 0 Å². The van der Waals surface area contributed by atoms with E-state index in [0.717, 1.165) is 6.33 Å². The molecule has 0 saturated carbocycles. The number of terminal acetylenes is 2. The van der Waals surface area contributed by atoms with Crippen LogP contribution in [-0.2, 0) is 43.2 Å². The summed E-state index contributed by atoms with van der Waals surface area (Å²) >= 11 is 0. The quantitative estimate of drug-likeness (QED) is 0.0560. The van der Waals surface area contributed by atoms with E-state index in [2.05, 4.69) is 40.8 Å². The van der Waals surface area contributed by atoms with Gasteiger partial charge >= 0.3 is 23.0 Å². The van der Waals surface area contributed by atoms with Crippen molar-refractivity contribution in [1.29, 1.82) is 0 Å². The molecule has 27 heteroatoms. The number of hydrogen-bond donors (Lipinski definition) is 11. The highest BCUT2D eigenvalue weighted by Crippen LogP contribution is 2.65. The zero-order valence-electron chi connectivity index (χ0n) is 27.3. The van der Waals surface area contributed by atoms with Crippen LogP contribution >= 0.6 is 23.0 Å². The molecule has 13 N–H and O–H groups in total. The molecule has 2 aliphatic heterocycles. The molecular formula is C27H33N8O16P3. The molecule has 2 saturated heterocycles. The van der Waals surface area contributed by atoms with Crippen molar-refractivity contribution in [1.82, 2.24) is 29.2 Å². The zero-order chi connectivity index (χ0) is 40.0. The van der Waals surface area contributed by atoms with Gasteiger partial charge in [0.15, 0.2) is 28.7 Å². The Kier molecular flexibility index (Phi) is 11.5. The van der Waals surface area contributed by atoms with Crippen molar-refractivity contribution in [2.75, 3.05) is 30.6 Å². The van der Waals surface area contributed by atoms with Crippen LogP contribution in [0.1, 0.15) is 11.4 Å². The van der Waals surface area contributed by atoms with Crippen LogP contribution in [0.5, 0.6) is 0 Å². The van der Waals surface area contributed by atoms with Gasteiger partial charge in [-0.3, -0.25) is 13.7 Å². The second-order valence-corrected chi connectivity index (χ2v) is 17.3. The Bertz CT molecular complexity index is 2270. The number of aromatic nitrogens is 6. The van der Waals surface area contributed by atoms with E-state index >= 15 is 0 Å². The molecule has 0 bridgehead atoms. The van der Waals surface area contributed by atoms with Crippen LogP contribution in [0.25, 0.3) is 11.0 Å². The number of nitrogens with zero attached hydrogens (tertiary/aromatic N) is 6. The summed E-state index contributed by atoms with van der Waals surface area (Å²) in [5.41, 5.74) is 9.07. The van der Waals surface area contributed by atoms with Crippen LogP contribution in [0, 0.1) is 24.7 Å². The molecule has 0 radical (unpaired) electrons. The van der Waals surface area contributed by atoms with Crippen molar-refractivity contribution in [2.45, 2.75) is 47.8 Å². The fraction of sp³-hybridized carbons (Fsp3) is 0.407. The van der Waals surface area contributed by atoms with Gasteiger partial charge in [-0.15, -0.1) is 12.8 Å². The summed E-state index contributed by atoms with van der Waals surface area (Å²) in [7, 11) is -15.7. The highest BCUT2D eigenvalue weighted by Gasteiger charge is 2.57. The number of hydrogen-bond acceptors (Lipinski definition) is 18. The molecule has 54 heavy (non-hydrogen) atoms. The van der Waals surface area contributed by atoms with Gasteiger partial charge in [0.25, 0.3) is 0 Å². The molecule has 24 nitrogen and oxygen atoms in total. The van der Waals surface area contributed by atoms with Crippen LogP contribution in [-0.4, -0.2) is 130 Å². The van der Waals surface area contributed by atoms with E-state index in [1.54, 1.807) is 12.1 Å². The van der Waals surface area contributed by atoms with Gasteiger partial charge in [-0.1, -0.05) is 11.8 Å². The summed E-state index contributed by atoms with van der Waals surface area (Å²) in [5, 5.41) is 58.5. The lowest BCUT2D eigenvalue weighted by atomic mass is 9.92. The maximum atomic E-state index is 12.0. The van der Waals surface area contributed by atoms with Gasteiger partial charge in [0, 0.05) is 0 Å². The monoisotopic (exact) mass is 818 g/mol. The Morgan fingerprint density at radius 2 is 1.24 bits per heavy atom. The summed E-state index contributed by atoms with van der Waals surface area (Å²) in [4.78, 5) is 44.2. The fourth-order valence-corrected chi connectivity index (χ4v) is 10.2. The molecule has 0 aliphatic carbocycles. The van der Waals surface area contributed by atoms with E-state index in [0.29, 0.717) is 16.7 Å². The summed E-state index contributed by atoms with van der Waals surface area (Å²) in [5.74, 6) is 3.18. The van der Waals surface area contributed by atoms with Gasteiger partial charge in [-0.05, 0) is 24.3 Å². The third-order valence-electron chi connectivity index (χ3n) is 8.25. The number of ether oxygens (including phenoxy) is 2. The lowest BCUT2D eigenvalue weighted by molar-refractivity contribution is -0.0629. The average Bonchev–Trinajstić information content (AvgIpc) is 3.84. The Hall–Kier alpha value is -3.87. The number of phosphoric acid groups is 1. The molecule has 2 unspecified atom stereocenters. The number of phosphoric ester groups is 1. The largest absolute Gasteiger partial charge is 0.479 e. The first-order valence-corrected chi connectivity index (χ1v) is 20.1. The number of aliphatic hydroxyl groups is 5. The Morgan fingerprint density at radius 3 is 1.65 bits per heavy atom. The van der Waals surface area contributed by atoms with E-state index in [4.69, 9.17) is 43.6 Å². The third-order valence-corrected chi connectivity index (χ3v) is 13.5. The lowest BCUT2D eigenvalue weighted by Gasteiger charge is -2.26. The van der Waals surface area contributed by atoms with Crippen molar-refractivity contribution in [3.05, 3.63) is 48.3 Å². The normalized spacial score (nSPS) is 30.6. The minimum Gasteiger partial charge on any atom is -0.394 e. The molecule has 10 atom stereocenters. The highest BCUT2D eigenvalue weighted by molar-refractivity contribution is 7.73. The first-order valence-electron chi connectivity index (χ1n) is 15.0. The number of nitrogen functional groups attached to an aromatic ring is 2. The van der Waals surface area contributed by atoms with E-state index in [-0.39, 0.29) is 17.3 Å². The van der Waals surface area contributed by atoms with Crippen molar-refractivity contribution in [3.8, 4) is 24.7 Å². The standard InChI is InChI=1S/C14H19N4O12P3.C13H14N4O4/c1-2-14(10-4-3-8-13(15)16-6-17-18(8)10)12(20)11(19)9(29-14)5-28-33(26,27)30-32(24,25)7-31(21,22)23;1-2-13(11(20)10(19)8(5-18)21-13)9-4-3-7-12(14)15-6-16-17(7)9/h1,3-4,6,9,11-12,19-20H,5,7H2,(H,24,25)(H,26,27)(H2,15,16,17)(H2,21,22,23);1,3-4,6,8,10-11,18-20H,5H2,(H2,14,15,16)/t9-,11-,12-,14+;8-,10-,11-,13+/m11/s1. The Labute approximate surface area is 303 Å². The van der Waals surface area contributed by atoms with E-state index in [1.165, 1.54) is 27.5 Å². The first kappa shape index (κ1) is 41.3. The smallest absolute Gasteiger partial charge is 0.394 e. The fourth-order valence-electron chi connectivity index (χ4n) is 5.81. The molecule has 0 aromatic carbocycles. The molecule has 292 valence electrons. The van der Waals surface area contributed by atoms with Crippen LogP contribution in [0.15, 0.2) is 36.9 Å². The number of rotatable bonds is 10. The van der Waals surface area contributed by atoms with Crippen molar-refractivity contribution >= 4 is 45.7 Å². The highest BCUT2D eigenvalue weighted by atomic mass is 31.3. The van der Waals surface area contributed by atoms with Gasteiger partial charge in [-0.2, -0.15) is 10.2 Å². The van der Waals surface area contributed by atoms with Crippen molar-refractivity contribution < 1.29 is 77.1 Å². The van der Waals surface area contributed by atoms with Gasteiger partial charge in [0.05, 0.1) is 24.6 Å². The summed E-state index contributed by atoms with van der Waals surface area (Å²) < 4.78 is 56.8. The number of fused-ring (bicyclic) bond motifs is 2. The molecule has 6 heterocycles. The van der Waals surface area contributed by atoms with Gasteiger partial charge < -0.3 is 66.0 Å².